The first-order valence-corrected chi connectivity index (χ1v) is 6.33. The Morgan fingerprint density at radius 3 is 2.47 bits per heavy atom. The van der Waals surface area contributed by atoms with E-state index in [1.165, 1.54) is 24.9 Å². The number of anilines is 1. The number of rotatable bonds is 3. The molecule has 0 aliphatic carbocycles. The molecule has 0 saturated heterocycles. The van der Waals surface area contributed by atoms with Crippen LogP contribution in [-0.2, 0) is 4.74 Å². The van der Waals surface area contributed by atoms with Crippen LogP contribution in [0.15, 0.2) is 52.3 Å². The van der Waals surface area contributed by atoms with E-state index in [1.54, 1.807) is 36.4 Å². The largest absolute Gasteiger partial charge is 0.465 e. The lowest BCUT2D eigenvalue weighted by molar-refractivity contribution is 0.0600. The van der Waals surface area contributed by atoms with E-state index >= 15 is 0 Å². The van der Waals surface area contributed by atoms with Crippen molar-refractivity contribution in [3.05, 3.63) is 53.8 Å². The molecule has 19 heavy (non-hydrogen) atoms. The molecular formula is C14H12FNO2S. The van der Waals surface area contributed by atoms with Gasteiger partial charge in [-0.3, -0.25) is 0 Å². The Morgan fingerprint density at radius 2 is 1.89 bits per heavy atom. The quantitative estimate of drug-likeness (QED) is 0.690. The minimum Gasteiger partial charge on any atom is -0.465 e. The van der Waals surface area contributed by atoms with Crippen molar-refractivity contribution in [3.8, 4) is 0 Å². The summed E-state index contributed by atoms with van der Waals surface area (Å²) in [5, 5.41) is 0. The number of ether oxygens (including phenoxy) is 1. The summed E-state index contributed by atoms with van der Waals surface area (Å²) in [4.78, 5) is 12.6. The smallest absolute Gasteiger partial charge is 0.337 e. The highest BCUT2D eigenvalue weighted by Gasteiger charge is 2.07. The van der Waals surface area contributed by atoms with Gasteiger partial charge in [-0.05, 0) is 42.5 Å². The predicted molar refractivity (Wildman–Crippen MR) is 72.7 cm³/mol. The predicted octanol–water partition coefficient (Wildman–Crippen LogP) is 3.35. The normalized spacial score (nSPS) is 10.2. The van der Waals surface area contributed by atoms with Crippen LogP contribution < -0.4 is 5.73 Å². The van der Waals surface area contributed by atoms with Crippen LogP contribution in [0.2, 0.25) is 0 Å². The van der Waals surface area contributed by atoms with E-state index in [0.29, 0.717) is 16.1 Å². The number of carbonyl (C=O) groups is 1. The van der Waals surface area contributed by atoms with E-state index in [9.17, 15) is 9.18 Å². The van der Waals surface area contributed by atoms with Gasteiger partial charge in [0.05, 0.1) is 12.7 Å². The standard InChI is InChI=1S/C14H12FNO2S/c1-18-14(17)9-2-5-11(6-3-9)19-13-7-4-10(16)8-12(13)15/h2-8H,16H2,1H3. The van der Waals surface area contributed by atoms with E-state index < -0.39 is 5.97 Å². The lowest BCUT2D eigenvalue weighted by atomic mass is 10.2. The number of methoxy groups -OCH3 is 1. The first-order chi connectivity index (χ1) is 9.10. The number of carbonyl (C=O) groups excluding carboxylic acids is 1. The summed E-state index contributed by atoms with van der Waals surface area (Å²) in [6, 6.07) is 11.3. The molecule has 0 bridgehead atoms. The Balaban J connectivity index is 2.17. The highest BCUT2D eigenvalue weighted by atomic mass is 32.2. The van der Waals surface area contributed by atoms with Gasteiger partial charge in [0.15, 0.2) is 0 Å². The van der Waals surface area contributed by atoms with Crippen LogP contribution in [0.4, 0.5) is 10.1 Å². The summed E-state index contributed by atoms with van der Waals surface area (Å²) in [7, 11) is 1.33. The van der Waals surface area contributed by atoms with E-state index in [-0.39, 0.29) is 5.82 Å². The Labute approximate surface area is 114 Å². The Bertz CT molecular complexity index is 599. The summed E-state index contributed by atoms with van der Waals surface area (Å²) in [6.45, 7) is 0. The van der Waals surface area contributed by atoms with Gasteiger partial charge in [0.25, 0.3) is 0 Å². The lowest BCUT2D eigenvalue weighted by Gasteiger charge is -2.05. The van der Waals surface area contributed by atoms with Crippen LogP contribution in [0, 0.1) is 5.82 Å². The highest BCUT2D eigenvalue weighted by Crippen LogP contribution is 2.30. The molecule has 3 nitrogen and oxygen atoms in total. The molecule has 2 aromatic carbocycles. The van der Waals surface area contributed by atoms with Gasteiger partial charge < -0.3 is 10.5 Å². The molecule has 0 aliphatic heterocycles. The van der Waals surface area contributed by atoms with Crippen molar-refractivity contribution in [2.75, 3.05) is 12.8 Å². The zero-order chi connectivity index (χ0) is 13.8. The van der Waals surface area contributed by atoms with Gasteiger partial charge in [0.1, 0.15) is 5.82 Å². The summed E-state index contributed by atoms with van der Waals surface area (Å²) in [5.41, 5.74) is 6.34. The van der Waals surface area contributed by atoms with Crippen molar-refractivity contribution in [2.24, 2.45) is 0 Å². The first kappa shape index (κ1) is 13.4. The second-order valence-corrected chi connectivity index (χ2v) is 4.92. The van der Waals surface area contributed by atoms with Crippen LogP contribution >= 0.6 is 11.8 Å². The molecule has 2 aromatic rings. The van der Waals surface area contributed by atoms with Gasteiger partial charge in [-0.1, -0.05) is 11.8 Å². The SMILES string of the molecule is COC(=O)c1ccc(Sc2ccc(N)cc2F)cc1. The number of halogens is 1. The fourth-order valence-electron chi connectivity index (χ4n) is 1.50. The number of hydrogen-bond donors (Lipinski definition) is 1. The van der Waals surface area contributed by atoms with Gasteiger partial charge in [-0.2, -0.15) is 0 Å². The third kappa shape index (κ3) is 3.26. The maximum absolute atomic E-state index is 13.6. The molecule has 0 saturated carbocycles. The monoisotopic (exact) mass is 277 g/mol. The highest BCUT2D eigenvalue weighted by molar-refractivity contribution is 7.99. The van der Waals surface area contributed by atoms with Crippen LogP contribution in [0.25, 0.3) is 0 Å². The van der Waals surface area contributed by atoms with Crippen molar-refractivity contribution in [2.45, 2.75) is 9.79 Å². The van der Waals surface area contributed by atoms with Crippen molar-refractivity contribution in [1.29, 1.82) is 0 Å². The van der Waals surface area contributed by atoms with Crippen molar-refractivity contribution >= 4 is 23.4 Å². The molecular weight excluding hydrogens is 265 g/mol. The molecule has 0 radical (unpaired) electrons. The fourth-order valence-corrected chi connectivity index (χ4v) is 2.32. The molecule has 0 amide bonds. The van der Waals surface area contributed by atoms with Gasteiger partial charge in [0, 0.05) is 15.5 Å². The molecule has 0 aliphatic rings. The maximum atomic E-state index is 13.6. The van der Waals surface area contributed by atoms with Gasteiger partial charge in [0.2, 0.25) is 0 Å². The molecule has 0 atom stereocenters. The van der Waals surface area contributed by atoms with E-state index in [1.807, 2.05) is 0 Å². The Hall–Kier alpha value is -2.01. The molecule has 2 N–H and O–H groups in total. The molecule has 0 spiro atoms. The van der Waals surface area contributed by atoms with Gasteiger partial charge in [-0.25, -0.2) is 9.18 Å². The minimum atomic E-state index is -0.393. The van der Waals surface area contributed by atoms with E-state index in [0.717, 1.165) is 4.90 Å². The second kappa shape index (κ2) is 5.75. The summed E-state index contributed by atoms with van der Waals surface area (Å²) in [5.74, 6) is -0.753. The molecule has 0 aromatic heterocycles. The number of nitrogen functional groups attached to an aromatic ring is 1. The van der Waals surface area contributed by atoms with Crippen molar-refractivity contribution in [3.63, 3.8) is 0 Å². The average Bonchev–Trinajstić information content (AvgIpc) is 2.42. The Kier molecular flexibility index (Phi) is 4.06. The summed E-state index contributed by atoms with van der Waals surface area (Å²) in [6.07, 6.45) is 0. The molecule has 5 heteroatoms. The third-order valence-electron chi connectivity index (χ3n) is 2.46. The molecule has 0 heterocycles. The maximum Gasteiger partial charge on any atom is 0.337 e. The second-order valence-electron chi connectivity index (χ2n) is 3.81. The molecule has 98 valence electrons. The summed E-state index contributed by atoms with van der Waals surface area (Å²) < 4.78 is 18.2. The van der Waals surface area contributed by atoms with Gasteiger partial charge in [-0.15, -0.1) is 0 Å². The number of nitrogens with two attached hydrogens (primary N) is 1. The van der Waals surface area contributed by atoms with Crippen molar-refractivity contribution < 1.29 is 13.9 Å². The topological polar surface area (TPSA) is 52.3 Å². The fraction of sp³-hybridized carbons (Fsp3) is 0.0714. The third-order valence-corrected chi connectivity index (χ3v) is 3.52. The number of esters is 1. The molecule has 2 rings (SSSR count). The van der Waals surface area contributed by atoms with Crippen molar-refractivity contribution in [1.82, 2.24) is 0 Å². The van der Waals surface area contributed by atoms with Gasteiger partial charge >= 0.3 is 5.97 Å². The molecule has 0 unspecified atom stereocenters. The lowest BCUT2D eigenvalue weighted by Crippen LogP contribution is -2.00. The first-order valence-electron chi connectivity index (χ1n) is 5.51. The molecule has 0 fully saturated rings. The number of hydrogen-bond acceptors (Lipinski definition) is 4. The zero-order valence-corrected chi connectivity index (χ0v) is 11.0. The van der Waals surface area contributed by atoms with Crippen LogP contribution in [-0.4, -0.2) is 13.1 Å². The Morgan fingerprint density at radius 1 is 1.21 bits per heavy atom. The van der Waals surface area contributed by atoms with E-state index in [4.69, 9.17) is 5.73 Å². The van der Waals surface area contributed by atoms with E-state index in [2.05, 4.69) is 4.74 Å². The number of benzene rings is 2. The average molecular weight is 277 g/mol. The van der Waals surface area contributed by atoms with Crippen LogP contribution in [0.1, 0.15) is 10.4 Å². The zero-order valence-electron chi connectivity index (χ0n) is 10.2. The summed E-state index contributed by atoms with van der Waals surface area (Å²) >= 11 is 1.27. The minimum absolute atomic E-state index is 0.359. The van der Waals surface area contributed by atoms with Crippen LogP contribution in [0.3, 0.4) is 0 Å². The van der Waals surface area contributed by atoms with Crippen LogP contribution in [0.5, 0.6) is 0 Å².